The third-order valence-electron chi connectivity index (χ3n) is 10.6. The van der Waals surface area contributed by atoms with E-state index in [9.17, 15) is 0 Å². The number of para-hydroxylation sites is 2. The van der Waals surface area contributed by atoms with Gasteiger partial charge in [-0.3, -0.25) is 0 Å². The molecule has 2 aromatic heterocycles. The number of hydrogen-bond acceptors (Lipinski definition) is 2. The summed E-state index contributed by atoms with van der Waals surface area (Å²) >= 11 is 9.19. The van der Waals surface area contributed by atoms with Crippen LogP contribution in [0.5, 0.6) is 0 Å². The molecule has 0 unspecified atom stereocenters. The molecule has 2 nitrogen and oxygen atoms in total. The van der Waals surface area contributed by atoms with E-state index in [1.807, 2.05) is 17.4 Å². The van der Waals surface area contributed by atoms with E-state index in [4.69, 9.17) is 11.6 Å². The first-order valence-electron chi connectivity index (χ1n) is 17.5. The van der Waals surface area contributed by atoms with Crippen molar-refractivity contribution in [2.75, 3.05) is 4.90 Å². The van der Waals surface area contributed by atoms with Gasteiger partial charge in [0.2, 0.25) is 0 Å². The maximum Gasteiger partial charge on any atom is 0.0719 e. The number of rotatable bonds is 3. The number of aromatic nitrogens is 1. The van der Waals surface area contributed by atoms with Gasteiger partial charge in [0.05, 0.1) is 32.1 Å². The predicted molar refractivity (Wildman–Crippen MR) is 223 cm³/mol. The zero-order valence-electron chi connectivity index (χ0n) is 27.9. The van der Waals surface area contributed by atoms with Gasteiger partial charge < -0.3 is 9.47 Å². The van der Waals surface area contributed by atoms with E-state index < -0.39 is 0 Å². The first kappa shape index (κ1) is 29.6. The molecule has 0 fully saturated rings. The van der Waals surface area contributed by atoms with E-state index in [1.165, 1.54) is 64.4 Å². The minimum atomic E-state index is 0.736. The van der Waals surface area contributed by atoms with E-state index in [0.29, 0.717) is 0 Å². The maximum absolute atomic E-state index is 7.33. The van der Waals surface area contributed by atoms with Crippen molar-refractivity contribution < 1.29 is 0 Å². The standard InChI is InChI=1S/C48H29ClN2S/c49-41-18-11-20-43-46(41)40-28-39-34-16-7-9-19-42(34)50(33-24-22-31(23-25-33)30-12-3-1-4-13-30)44(39)29-38(40)36-26-27-37-35-17-8-10-21-45(35)52-48(37)47(36)51(43)32-14-5-2-6-15-32/h1-29H. The Bertz CT molecular complexity index is 3010. The van der Waals surface area contributed by atoms with E-state index in [-0.39, 0.29) is 0 Å². The van der Waals surface area contributed by atoms with Crippen LogP contribution in [0.3, 0.4) is 0 Å². The number of thiophene rings is 1. The molecule has 0 aliphatic carbocycles. The van der Waals surface area contributed by atoms with Crippen LogP contribution in [0.4, 0.5) is 17.1 Å². The lowest BCUT2D eigenvalue weighted by Crippen LogP contribution is -2.11. The highest BCUT2D eigenvalue weighted by molar-refractivity contribution is 7.26. The van der Waals surface area contributed by atoms with Gasteiger partial charge in [-0.1, -0.05) is 127 Å². The highest BCUT2D eigenvalue weighted by Crippen LogP contribution is 2.57. The summed E-state index contributed by atoms with van der Waals surface area (Å²) in [5.74, 6) is 0. The molecule has 1 aliphatic heterocycles. The van der Waals surface area contributed by atoms with Crippen molar-refractivity contribution in [2.24, 2.45) is 0 Å². The number of hydrogen-bond donors (Lipinski definition) is 0. The van der Waals surface area contributed by atoms with Crippen molar-refractivity contribution in [2.45, 2.75) is 0 Å². The van der Waals surface area contributed by atoms with Crippen LogP contribution in [-0.4, -0.2) is 4.57 Å². The molecule has 0 N–H and O–H groups in total. The summed E-state index contributed by atoms with van der Waals surface area (Å²) in [6, 6.07) is 63.6. The highest BCUT2D eigenvalue weighted by Gasteiger charge is 2.31. The number of anilines is 3. The van der Waals surface area contributed by atoms with Gasteiger partial charge >= 0.3 is 0 Å². The third kappa shape index (κ3) is 4.30. The van der Waals surface area contributed by atoms with Crippen molar-refractivity contribution in [3.8, 4) is 39.1 Å². The van der Waals surface area contributed by atoms with Crippen LogP contribution < -0.4 is 4.90 Å². The second kappa shape index (κ2) is 11.4. The molecule has 3 heterocycles. The largest absolute Gasteiger partial charge is 0.309 e. The first-order chi connectivity index (χ1) is 25.7. The zero-order chi connectivity index (χ0) is 34.3. The summed E-state index contributed by atoms with van der Waals surface area (Å²) in [6.07, 6.45) is 0. The molecule has 0 spiro atoms. The third-order valence-corrected chi connectivity index (χ3v) is 12.1. The van der Waals surface area contributed by atoms with Crippen LogP contribution >= 0.6 is 22.9 Å². The Labute approximate surface area is 310 Å². The van der Waals surface area contributed by atoms with Crippen LogP contribution in [0.1, 0.15) is 0 Å². The molecular formula is C48H29ClN2S. The molecule has 0 bridgehead atoms. The van der Waals surface area contributed by atoms with E-state index in [1.54, 1.807) is 0 Å². The summed E-state index contributed by atoms with van der Waals surface area (Å²) in [6.45, 7) is 0. The number of nitrogens with zero attached hydrogens (tertiary/aromatic N) is 2. The molecule has 8 aromatic carbocycles. The Morgan fingerprint density at radius 3 is 1.98 bits per heavy atom. The van der Waals surface area contributed by atoms with Gasteiger partial charge in [0.15, 0.2) is 0 Å². The molecule has 10 aromatic rings. The van der Waals surface area contributed by atoms with Gasteiger partial charge in [0.1, 0.15) is 0 Å². The van der Waals surface area contributed by atoms with Gasteiger partial charge in [0.25, 0.3) is 0 Å². The number of halogens is 1. The minimum Gasteiger partial charge on any atom is -0.309 e. The second-order valence-electron chi connectivity index (χ2n) is 13.4. The molecule has 0 atom stereocenters. The monoisotopic (exact) mass is 700 g/mol. The highest BCUT2D eigenvalue weighted by atomic mass is 35.5. The summed E-state index contributed by atoms with van der Waals surface area (Å²) in [7, 11) is 0. The SMILES string of the molecule is Clc1cccc2c1-c1cc3c4ccccc4n(-c4ccc(-c5ccccc5)cc4)c3cc1-c1ccc3c(sc4ccccc43)c1N2c1ccccc1. The first-order valence-corrected chi connectivity index (χ1v) is 18.7. The minimum absolute atomic E-state index is 0.736. The van der Waals surface area contributed by atoms with Gasteiger partial charge in [-0.25, -0.2) is 0 Å². The average molecular weight is 701 g/mol. The Hall–Kier alpha value is -6.13. The maximum atomic E-state index is 7.33. The molecule has 4 heteroatoms. The van der Waals surface area contributed by atoms with E-state index >= 15 is 0 Å². The molecule has 0 amide bonds. The van der Waals surface area contributed by atoms with E-state index in [2.05, 4.69) is 179 Å². The van der Waals surface area contributed by atoms with Crippen molar-refractivity contribution >= 4 is 82.0 Å². The number of benzene rings is 8. The number of fused-ring (bicyclic) bond motifs is 12. The molecule has 11 rings (SSSR count). The van der Waals surface area contributed by atoms with Gasteiger partial charge in [-0.05, 0) is 82.9 Å². The molecule has 0 saturated carbocycles. The van der Waals surface area contributed by atoms with E-state index in [0.717, 1.165) is 38.7 Å². The van der Waals surface area contributed by atoms with Crippen molar-refractivity contribution in [1.82, 2.24) is 4.57 Å². The Balaban J connectivity index is 1.27. The van der Waals surface area contributed by atoms with Crippen LogP contribution in [0.25, 0.3) is 81.0 Å². The average Bonchev–Trinajstić information content (AvgIpc) is 3.70. The topological polar surface area (TPSA) is 8.17 Å². The Morgan fingerprint density at radius 1 is 0.442 bits per heavy atom. The van der Waals surface area contributed by atoms with Gasteiger partial charge in [-0.15, -0.1) is 11.3 Å². The van der Waals surface area contributed by atoms with Crippen LogP contribution in [0.2, 0.25) is 5.02 Å². The summed E-state index contributed by atoms with van der Waals surface area (Å²) in [5, 5.41) is 5.69. The molecular weight excluding hydrogens is 672 g/mol. The van der Waals surface area contributed by atoms with Crippen molar-refractivity contribution in [3.63, 3.8) is 0 Å². The van der Waals surface area contributed by atoms with Gasteiger partial charge in [-0.2, -0.15) is 0 Å². The molecule has 52 heavy (non-hydrogen) atoms. The fourth-order valence-corrected chi connectivity index (χ4v) is 9.81. The summed E-state index contributed by atoms with van der Waals surface area (Å²) in [4.78, 5) is 2.44. The predicted octanol–water partition coefficient (Wildman–Crippen LogP) is 14.6. The molecule has 1 aliphatic rings. The van der Waals surface area contributed by atoms with Crippen LogP contribution in [-0.2, 0) is 0 Å². The molecule has 0 saturated heterocycles. The molecule has 0 radical (unpaired) electrons. The Morgan fingerprint density at radius 2 is 1.15 bits per heavy atom. The fraction of sp³-hybridized carbons (Fsp3) is 0. The lowest BCUT2D eigenvalue weighted by Gasteiger charge is -2.28. The van der Waals surface area contributed by atoms with Crippen molar-refractivity contribution in [3.05, 3.63) is 181 Å². The Kier molecular flexibility index (Phi) is 6.51. The quantitative estimate of drug-likeness (QED) is 0.178. The second-order valence-corrected chi connectivity index (χ2v) is 14.9. The van der Waals surface area contributed by atoms with Crippen LogP contribution in [0.15, 0.2) is 176 Å². The van der Waals surface area contributed by atoms with Gasteiger partial charge in [0, 0.05) is 48.7 Å². The zero-order valence-corrected chi connectivity index (χ0v) is 29.5. The normalized spacial score (nSPS) is 12.3. The summed E-state index contributed by atoms with van der Waals surface area (Å²) in [5.41, 5.74) is 13.8. The van der Waals surface area contributed by atoms with Crippen molar-refractivity contribution in [1.29, 1.82) is 0 Å². The fourth-order valence-electron chi connectivity index (χ4n) is 8.30. The molecule has 244 valence electrons. The lowest BCUT2D eigenvalue weighted by atomic mass is 9.92. The lowest BCUT2D eigenvalue weighted by molar-refractivity contribution is 1.18. The smallest absolute Gasteiger partial charge is 0.0719 e. The van der Waals surface area contributed by atoms with Crippen LogP contribution in [0, 0.1) is 0 Å². The summed E-state index contributed by atoms with van der Waals surface area (Å²) < 4.78 is 4.97.